The highest BCUT2D eigenvalue weighted by Gasteiger charge is 2.37. The number of aromatic nitrogens is 4. The van der Waals surface area contributed by atoms with E-state index < -0.39 is 0 Å². The van der Waals surface area contributed by atoms with Crippen LogP contribution in [-0.2, 0) is 0 Å². The monoisotopic (exact) mass is 341 g/mol. The minimum Gasteiger partial charge on any atom is -0.347 e. The molecule has 5 heteroatoms. The van der Waals surface area contributed by atoms with Crippen LogP contribution < -0.4 is 4.90 Å². The summed E-state index contributed by atoms with van der Waals surface area (Å²) < 4.78 is 1.84. The van der Waals surface area contributed by atoms with Gasteiger partial charge in [0.05, 0.1) is 6.04 Å². The molecule has 0 N–H and O–H groups in total. The summed E-state index contributed by atoms with van der Waals surface area (Å²) in [6.45, 7) is 3.29. The zero-order chi connectivity index (χ0) is 17.5. The van der Waals surface area contributed by atoms with E-state index in [1.54, 1.807) is 0 Å². The van der Waals surface area contributed by atoms with E-state index >= 15 is 0 Å². The molecular formula is C21H19N5. The average Bonchev–Trinajstić information content (AvgIpc) is 3.10. The molecule has 2 atom stereocenters. The standard InChI is InChI=1S/C21H19N5/c1-15-14-25(20(15)16-8-4-2-5-9-16)19-13-12-18-22-23-21(26(18)24-19)17-10-6-3-7-11-17/h2-13,15,20H,14H2,1H3/t15-,20+/m1/s1. The highest BCUT2D eigenvalue weighted by molar-refractivity contribution is 5.60. The van der Waals surface area contributed by atoms with Crippen LogP contribution >= 0.6 is 0 Å². The Morgan fingerprint density at radius 2 is 1.58 bits per heavy atom. The largest absolute Gasteiger partial charge is 0.347 e. The van der Waals surface area contributed by atoms with E-state index in [4.69, 9.17) is 5.10 Å². The van der Waals surface area contributed by atoms with Gasteiger partial charge in [0.15, 0.2) is 11.5 Å². The highest BCUT2D eigenvalue weighted by atomic mass is 15.4. The molecule has 0 bridgehead atoms. The van der Waals surface area contributed by atoms with Crippen LogP contribution in [0.5, 0.6) is 0 Å². The Balaban J connectivity index is 1.56. The summed E-state index contributed by atoms with van der Waals surface area (Å²) in [5.41, 5.74) is 3.11. The summed E-state index contributed by atoms with van der Waals surface area (Å²) in [5.74, 6) is 2.33. The van der Waals surface area contributed by atoms with Gasteiger partial charge >= 0.3 is 0 Å². The van der Waals surface area contributed by atoms with Crippen molar-refractivity contribution in [1.82, 2.24) is 19.8 Å². The first-order valence-corrected chi connectivity index (χ1v) is 8.91. The van der Waals surface area contributed by atoms with Crippen LogP contribution in [0.1, 0.15) is 18.5 Å². The molecule has 0 unspecified atom stereocenters. The lowest BCUT2D eigenvalue weighted by molar-refractivity contribution is 0.321. The second-order valence-electron chi connectivity index (χ2n) is 6.84. The predicted octanol–water partition coefficient (Wildman–Crippen LogP) is 3.99. The Morgan fingerprint density at radius 3 is 2.31 bits per heavy atom. The van der Waals surface area contributed by atoms with Crippen molar-refractivity contribution in [1.29, 1.82) is 0 Å². The quantitative estimate of drug-likeness (QED) is 0.565. The molecule has 4 aromatic rings. The molecule has 5 nitrogen and oxygen atoms in total. The van der Waals surface area contributed by atoms with Crippen LogP contribution in [0.4, 0.5) is 5.82 Å². The summed E-state index contributed by atoms with van der Waals surface area (Å²) in [5, 5.41) is 13.5. The Bertz CT molecular complexity index is 1040. The third kappa shape index (κ3) is 2.36. The summed E-state index contributed by atoms with van der Waals surface area (Å²) >= 11 is 0. The van der Waals surface area contributed by atoms with Crippen molar-refractivity contribution < 1.29 is 0 Å². The van der Waals surface area contributed by atoms with Crippen LogP contribution in [0, 0.1) is 5.92 Å². The van der Waals surface area contributed by atoms with Gasteiger partial charge in [-0.3, -0.25) is 0 Å². The lowest BCUT2D eigenvalue weighted by atomic mass is 9.85. The summed E-state index contributed by atoms with van der Waals surface area (Å²) in [4.78, 5) is 2.36. The van der Waals surface area contributed by atoms with Crippen LogP contribution in [0.25, 0.3) is 17.0 Å². The zero-order valence-electron chi connectivity index (χ0n) is 14.5. The molecule has 2 aromatic heterocycles. The molecule has 1 fully saturated rings. The van der Waals surface area contributed by atoms with Gasteiger partial charge in [-0.15, -0.1) is 15.3 Å². The van der Waals surface area contributed by atoms with E-state index in [0.29, 0.717) is 12.0 Å². The van der Waals surface area contributed by atoms with Crippen molar-refractivity contribution in [3.63, 3.8) is 0 Å². The van der Waals surface area contributed by atoms with Crippen molar-refractivity contribution in [2.75, 3.05) is 11.4 Å². The van der Waals surface area contributed by atoms with Gasteiger partial charge in [-0.2, -0.15) is 4.52 Å². The molecule has 128 valence electrons. The molecule has 0 saturated carbocycles. The lowest BCUT2D eigenvalue weighted by Crippen LogP contribution is -2.49. The molecule has 26 heavy (non-hydrogen) atoms. The molecule has 0 spiro atoms. The van der Waals surface area contributed by atoms with Crippen LogP contribution in [0.3, 0.4) is 0 Å². The SMILES string of the molecule is C[C@@H]1CN(c2ccc3nnc(-c4ccccc4)n3n2)[C@@H]1c1ccccc1. The van der Waals surface area contributed by atoms with Crippen molar-refractivity contribution in [2.45, 2.75) is 13.0 Å². The minimum atomic E-state index is 0.359. The molecule has 0 amide bonds. The molecule has 1 aliphatic rings. The van der Waals surface area contributed by atoms with E-state index in [2.05, 4.69) is 52.4 Å². The first kappa shape index (κ1) is 15.1. The fourth-order valence-corrected chi connectivity index (χ4v) is 3.79. The van der Waals surface area contributed by atoms with Gasteiger partial charge in [0.2, 0.25) is 0 Å². The number of hydrogen-bond acceptors (Lipinski definition) is 4. The van der Waals surface area contributed by atoms with E-state index in [9.17, 15) is 0 Å². The zero-order valence-corrected chi connectivity index (χ0v) is 14.5. The number of nitrogens with zero attached hydrogens (tertiary/aromatic N) is 5. The summed E-state index contributed by atoms with van der Waals surface area (Å²) in [6.07, 6.45) is 0. The van der Waals surface area contributed by atoms with Gasteiger partial charge in [0.25, 0.3) is 0 Å². The van der Waals surface area contributed by atoms with E-state index in [1.807, 2.05) is 47.0 Å². The number of fused-ring (bicyclic) bond motifs is 1. The van der Waals surface area contributed by atoms with Crippen LogP contribution in [0.15, 0.2) is 72.8 Å². The van der Waals surface area contributed by atoms with E-state index in [-0.39, 0.29) is 0 Å². The van der Waals surface area contributed by atoms with Gasteiger partial charge in [-0.25, -0.2) is 0 Å². The number of benzene rings is 2. The molecule has 1 saturated heterocycles. The molecule has 0 aliphatic carbocycles. The minimum absolute atomic E-state index is 0.359. The summed E-state index contributed by atoms with van der Waals surface area (Å²) in [7, 11) is 0. The van der Waals surface area contributed by atoms with Gasteiger partial charge in [0, 0.05) is 12.1 Å². The lowest BCUT2D eigenvalue weighted by Gasteiger charge is -2.47. The molecular weight excluding hydrogens is 322 g/mol. The predicted molar refractivity (Wildman–Crippen MR) is 102 cm³/mol. The molecule has 0 radical (unpaired) electrons. The van der Waals surface area contributed by atoms with Crippen molar-refractivity contribution >= 4 is 11.5 Å². The number of hydrogen-bond donors (Lipinski definition) is 0. The third-order valence-electron chi connectivity index (χ3n) is 5.08. The smallest absolute Gasteiger partial charge is 0.185 e. The maximum absolute atomic E-state index is 4.86. The normalized spacial score (nSPS) is 19.5. The molecule has 2 aromatic carbocycles. The van der Waals surface area contributed by atoms with Crippen molar-refractivity contribution in [2.24, 2.45) is 5.92 Å². The van der Waals surface area contributed by atoms with Crippen LogP contribution in [0.2, 0.25) is 0 Å². The van der Waals surface area contributed by atoms with Gasteiger partial charge < -0.3 is 4.90 Å². The van der Waals surface area contributed by atoms with Gasteiger partial charge in [-0.05, 0) is 23.6 Å². The topological polar surface area (TPSA) is 46.3 Å². The average molecular weight is 341 g/mol. The maximum atomic E-state index is 4.86. The highest BCUT2D eigenvalue weighted by Crippen LogP contribution is 2.41. The van der Waals surface area contributed by atoms with Crippen LogP contribution in [-0.4, -0.2) is 26.4 Å². The Kier molecular flexibility index (Phi) is 3.45. The molecule has 3 heterocycles. The molecule has 5 rings (SSSR count). The Labute approximate surface area is 151 Å². The summed E-state index contributed by atoms with van der Waals surface area (Å²) in [6, 6.07) is 25.1. The fraction of sp³-hybridized carbons (Fsp3) is 0.190. The Hall–Kier alpha value is -3.21. The maximum Gasteiger partial charge on any atom is 0.185 e. The van der Waals surface area contributed by atoms with E-state index in [0.717, 1.165) is 29.4 Å². The van der Waals surface area contributed by atoms with E-state index in [1.165, 1.54) is 5.56 Å². The molecule has 1 aliphatic heterocycles. The van der Waals surface area contributed by atoms with Crippen molar-refractivity contribution in [3.8, 4) is 11.4 Å². The van der Waals surface area contributed by atoms with Gasteiger partial charge in [-0.1, -0.05) is 67.6 Å². The van der Waals surface area contributed by atoms with Gasteiger partial charge in [0.1, 0.15) is 5.82 Å². The third-order valence-corrected chi connectivity index (χ3v) is 5.08. The Morgan fingerprint density at radius 1 is 0.846 bits per heavy atom. The second-order valence-corrected chi connectivity index (χ2v) is 6.84. The second kappa shape index (κ2) is 5.95. The first-order chi connectivity index (χ1) is 12.8. The fourth-order valence-electron chi connectivity index (χ4n) is 3.79. The number of anilines is 1. The number of rotatable bonds is 3. The van der Waals surface area contributed by atoms with Crippen molar-refractivity contribution in [3.05, 3.63) is 78.4 Å². The first-order valence-electron chi connectivity index (χ1n) is 8.91.